The Balaban J connectivity index is 2.02. The van der Waals surface area contributed by atoms with Crippen molar-refractivity contribution >= 4 is 11.6 Å². The van der Waals surface area contributed by atoms with Gasteiger partial charge in [0.2, 0.25) is 5.89 Å². The van der Waals surface area contributed by atoms with Gasteiger partial charge in [0.05, 0.1) is 0 Å². The zero-order valence-electron chi connectivity index (χ0n) is 10.6. The predicted molar refractivity (Wildman–Crippen MR) is 68.8 cm³/mol. The molecule has 1 atom stereocenters. The third-order valence-electron chi connectivity index (χ3n) is 2.50. The van der Waals surface area contributed by atoms with Crippen LogP contribution in [0.15, 0.2) is 22.6 Å². The molecule has 4 nitrogen and oxygen atoms in total. The molecule has 5 heteroatoms. The maximum atomic E-state index is 5.84. The number of benzene rings is 1. The summed E-state index contributed by atoms with van der Waals surface area (Å²) in [7, 11) is 0. The highest BCUT2D eigenvalue weighted by atomic mass is 35.5. The second-order valence-electron chi connectivity index (χ2n) is 4.21. The van der Waals surface area contributed by atoms with E-state index in [1.807, 2.05) is 26.0 Å². The number of nitrogens with zero attached hydrogens (tertiary/aromatic N) is 2. The summed E-state index contributed by atoms with van der Waals surface area (Å²) in [4.78, 5) is 0. The van der Waals surface area contributed by atoms with Gasteiger partial charge in [-0.15, -0.1) is 21.8 Å². The standard InChI is InChI=1S/C13H15ClN2O2/c1-8-4-5-11(9(2)6-8)17-7-12-15-16-13(18-12)10(3)14/h4-6,10H,7H2,1-3H3. The summed E-state index contributed by atoms with van der Waals surface area (Å²) in [5.41, 5.74) is 2.29. The van der Waals surface area contributed by atoms with Gasteiger partial charge in [0.25, 0.3) is 5.89 Å². The molecule has 0 aliphatic rings. The van der Waals surface area contributed by atoms with Crippen LogP contribution in [0.1, 0.15) is 35.2 Å². The number of halogens is 1. The molecular formula is C13H15ClN2O2. The fourth-order valence-corrected chi connectivity index (χ4v) is 1.67. The molecule has 0 aliphatic heterocycles. The second-order valence-corrected chi connectivity index (χ2v) is 4.86. The first-order valence-electron chi connectivity index (χ1n) is 5.72. The highest BCUT2D eigenvalue weighted by Crippen LogP contribution is 2.21. The van der Waals surface area contributed by atoms with Gasteiger partial charge in [0.15, 0.2) is 6.61 Å². The van der Waals surface area contributed by atoms with E-state index in [1.165, 1.54) is 5.56 Å². The lowest BCUT2D eigenvalue weighted by Gasteiger charge is -2.07. The second kappa shape index (κ2) is 5.40. The molecule has 0 bridgehead atoms. The fourth-order valence-electron chi connectivity index (χ4n) is 1.59. The minimum atomic E-state index is -0.285. The van der Waals surface area contributed by atoms with Gasteiger partial charge in [0, 0.05) is 0 Å². The Morgan fingerprint density at radius 1 is 1.33 bits per heavy atom. The quantitative estimate of drug-likeness (QED) is 0.794. The normalized spacial score (nSPS) is 12.4. The zero-order chi connectivity index (χ0) is 13.1. The maximum absolute atomic E-state index is 5.84. The predicted octanol–water partition coefficient (Wildman–Crippen LogP) is 3.57. The van der Waals surface area contributed by atoms with Gasteiger partial charge in [0.1, 0.15) is 11.1 Å². The van der Waals surface area contributed by atoms with Crippen LogP contribution in [0.4, 0.5) is 0 Å². The van der Waals surface area contributed by atoms with Gasteiger partial charge in [-0.3, -0.25) is 0 Å². The molecule has 2 rings (SSSR count). The Kier molecular flexibility index (Phi) is 3.87. The van der Waals surface area contributed by atoms with Gasteiger partial charge in [-0.05, 0) is 32.4 Å². The van der Waals surface area contributed by atoms with Crippen molar-refractivity contribution in [3.63, 3.8) is 0 Å². The summed E-state index contributed by atoms with van der Waals surface area (Å²) in [6.07, 6.45) is 0. The Labute approximate surface area is 111 Å². The lowest BCUT2D eigenvalue weighted by Crippen LogP contribution is -1.97. The average molecular weight is 267 g/mol. The molecule has 1 aromatic carbocycles. The first-order valence-corrected chi connectivity index (χ1v) is 6.16. The minimum absolute atomic E-state index is 0.251. The number of rotatable bonds is 4. The van der Waals surface area contributed by atoms with Crippen molar-refractivity contribution in [1.82, 2.24) is 10.2 Å². The van der Waals surface area contributed by atoms with Crippen molar-refractivity contribution in [2.45, 2.75) is 32.8 Å². The SMILES string of the molecule is Cc1ccc(OCc2nnc(C(C)Cl)o2)c(C)c1. The van der Waals surface area contributed by atoms with Crippen LogP contribution < -0.4 is 4.74 Å². The summed E-state index contributed by atoms with van der Waals surface area (Å²) >= 11 is 5.84. The van der Waals surface area contributed by atoms with E-state index in [4.69, 9.17) is 20.8 Å². The Morgan fingerprint density at radius 2 is 2.11 bits per heavy atom. The van der Waals surface area contributed by atoms with Crippen molar-refractivity contribution < 1.29 is 9.15 Å². The third kappa shape index (κ3) is 3.01. The molecule has 0 fully saturated rings. The first kappa shape index (κ1) is 12.9. The van der Waals surface area contributed by atoms with Crippen molar-refractivity contribution in [3.05, 3.63) is 41.1 Å². The largest absolute Gasteiger partial charge is 0.484 e. The molecule has 96 valence electrons. The number of hydrogen-bond acceptors (Lipinski definition) is 4. The molecule has 1 unspecified atom stereocenters. The summed E-state index contributed by atoms with van der Waals surface area (Å²) in [5.74, 6) is 1.66. The van der Waals surface area contributed by atoms with E-state index in [2.05, 4.69) is 16.3 Å². The fraction of sp³-hybridized carbons (Fsp3) is 0.385. The van der Waals surface area contributed by atoms with Crippen LogP contribution in [-0.4, -0.2) is 10.2 Å². The van der Waals surface area contributed by atoms with Crippen LogP contribution in [0, 0.1) is 13.8 Å². The summed E-state index contributed by atoms with van der Waals surface area (Å²) < 4.78 is 11.0. The average Bonchev–Trinajstić information content (AvgIpc) is 2.76. The maximum Gasteiger partial charge on any atom is 0.253 e. The van der Waals surface area contributed by atoms with Gasteiger partial charge in [-0.25, -0.2) is 0 Å². The van der Waals surface area contributed by atoms with Gasteiger partial charge < -0.3 is 9.15 Å². The van der Waals surface area contributed by atoms with E-state index in [9.17, 15) is 0 Å². The monoisotopic (exact) mass is 266 g/mol. The van der Waals surface area contributed by atoms with Gasteiger partial charge >= 0.3 is 0 Å². The highest BCUT2D eigenvalue weighted by molar-refractivity contribution is 6.20. The first-order chi connectivity index (χ1) is 8.56. The molecule has 0 saturated heterocycles. The lowest BCUT2D eigenvalue weighted by atomic mass is 10.1. The molecule has 0 spiro atoms. The zero-order valence-corrected chi connectivity index (χ0v) is 11.4. The third-order valence-corrected chi connectivity index (χ3v) is 2.69. The summed E-state index contributed by atoms with van der Waals surface area (Å²) in [5, 5.41) is 7.42. The van der Waals surface area contributed by atoms with E-state index in [0.29, 0.717) is 11.8 Å². The Bertz CT molecular complexity index is 538. The molecule has 1 aromatic heterocycles. The van der Waals surface area contributed by atoms with Crippen molar-refractivity contribution in [2.24, 2.45) is 0 Å². The minimum Gasteiger partial charge on any atom is -0.484 e. The lowest BCUT2D eigenvalue weighted by molar-refractivity contribution is 0.257. The smallest absolute Gasteiger partial charge is 0.253 e. The Morgan fingerprint density at radius 3 is 2.72 bits per heavy atom. The summed E-state index contributed by atoms with van der Waals surface area (Å²) in [6.45, 7) is 6.08. The van der Waals surface area contributed by atoms with E-state index >= 15 is 0 Å². The number of alkyl halides is 1. The molecule has 0 aliphatic carbocycles. The number of ether oxygens (including phenoxy) is 1. The van der Waals surface area contributed by atoms with Crippen LogP contribution in [0.25, 0.3) is 0 Å². The summed E-state index contributed by atoms with van der Waals surface area (Å²) in [6, 6.07) is 6.00. The Hall–Kier alpha value is -1.55. The van der Waals surface area contributed by atoms with E-state index in [0.717, 1.165) is 11.3 Å². The molecular weight excluding hydrogens is 252 g/mol. The van der Waals surface area contributed by atoms with Crippen LogP contribution in [0.3, 0.4) is 0 Å². The molecule has 2 aromatic rings. The van der Waals surface area contributed by atoms with Crippen LogP contribution in [0.2, 0.25) is 0 Å². The number of aryl methyl sites for hydroxylation is 2. The van der Waals surface area contributed by atoms with Gasteiger partial charge in [-0.2, -0.15) is 0 Å². The van der Waals surface area contributed by atoms with Crippen LogP contribution in [-0.2, 0) is 6.61 Å². The van der Waals surface area contributed by atoms with Crippen LogP contribution in [0.5, 0.6) is 5.75 Å². The molecule has 0 N–H and O–H groups in total. The van der Waals surface area contributed by atoms with Crippen molar-refractivity contribution in [2.75, 3.05) is 0 Å². The van der Waals surface area contributed by atoms with E-state index in [1.54, 1.807) is 6.92 Å². The number of aromatic nitrogens is 2. The van der Waals surface area contributed by atoms with Crippen LogP contribution >= 0.6 is 11.6 Å². The molecule has 0 saturated carbocycles. The van der Waals surface area contributed by atoms with Crippen molar-refractivity contribution in [1.29, 1.82) is 0 Å². The molecule has 0 amide bonds. The van der Waals surface area contributed by atoms with Gasteiger partial charge in [-0.1, -0.05) is 17.7 Å². The topological polar surface area (TPSA) is 48.2 Å². The molecule has 1 heterocycles. The van der Waals surface area contributed by atoms with E-state index < -0.39 is 0 Å². The highest BCUT2D eigenvalue weighted by Gasteiger charge is 2.11. The molecule has 18 heavy (non-hydrogen) atoms. The number of hydrogen-bond donors (Lipinski definition) is 0. The van der Waals surface area contributed by atoms with E-state index in [-0.39, 0.29) is 12.0 Å². The molecule has 0 radical (unpaired) electrons. The van der Waals surface area contributed by atoms with Crippen molar-refractivity contribution in [3.8, 4) is 5.75 Å².